The van der Waals surface area contributed by atoms with Gasteiger partial charge in [0.2, 0.25) is 5.91 Å². The Kier molecular flexibility index (Phi) is 5.51. The normalized spacial score (nSPS) is 15.8. The topological polar surface area (TPSA) is 97.0 Å². The number of urea groups is 1. The van der Waals surface area contributed by atoms with E-state index in [-0.39, 0.29) is 24.8 Å². The van der Waals surface area contributed by atoms with Crippen LogP contribution in [0.5, 0.6) is 11.5 Å². The second kappa shape index (κ2) is 7.42. The Balaban J connectivity index is 1.85. The maximum absolute atomic E-state index is 12.0. The van der Waals surface area contributed by atoms with Crippen LogP contribution in [0.4, 0.5) is 4.79 Å². The smallest absolute Gasteiger partial charge is 0.325 e. The molecule has 0 radical (unpaired) electrons. The zero-order valence-corrected chi connectivity index (χ0v) is 14.8. The third-order valence-corrected chi connectivity index (χ3v) is 3.94. The maximum atomic E-state index is 12.0. The van der Waals surface area contributed by atoms with Crippen LogP contribution in [0, 0.1) is 0 Å². The molecular formula is C17H23N3O5. The number of rotatable bonds is 7. The molecule has 136 valence electrons. The lowest BCUT2D eigenvalue weighted by Crippen LogP contribution is -2.40. The Hall–Kier alpha value is -2.77. The lowest BCUT2D eigenvalue weighted by atomic mass is 10.1. The fourth-order valence-corrected chi connectivity index (χ4v) is 2.51. The molecule has 1 aliphatic heterocycles. The third-order valence-electron chi connectivity index (χ3n) is 3.94. The van der Waals surface area contributed by atoms with E-state index in [0.717, 1.165) is 10.5 Å². The number of hydrogen-bond donors (Lipinski definition) is 2. The summed E-state index contributed by atoms with van der Waals surface area (Å²) in [7, 11) is 3.09. The number of nitrogens with one attached hydrogen (secondary N) is 2. The molecule has 1 aliphatic rings. The van der Waals surface area contributed by atoms with E-state index in [1.807, 2.05) is 6.07 Å². The fourth-order valence-electron chi connectivity index (χ4n) is 2.51. The van der Waals surface area contributed by atoms with Gasteiger partial charge in [-0.1, -0.05) is 6.07 Å². The van der Waals surface area contributed by atoms with Crippen molar-refractivity contribution in [3.8, 4) is 11.5 Å². The van der Waals surface area contributed by atoms with Gasteiger partial charge in [-0.05, 0) is 31.5 Å². The molecule has 0 aromatic heterocycles. The lowest BCUT2D eigenvalue weighted by molar-refractivity contribution is -0.130. The number of imide groups is 1. The van der Waals surface area contributed by atoms with E-state index in [9.17, 15) is 14.4 Å². The molecule has 1 heterocycles. The molecule has 2 N–H and O–H groups in total. The van der Waals surface area contributed by atoms with Gasteiger partial charge in [0.15, 0.2) is 11.5 Å². The van der Waals surface area contributed by atoms with Crippen LogP contribution in [0.15, 0.2) is 18.2 Å². The first-order valence-electron chi connectivity index (χ1n) is 7.90. The Bertz CT molecular complexity index is 687. The molecule has 1 aromatic rings. The van der Waals surface area contributed by atoms with E-state index >= 15 is 0 Å². The van der Waals surface area contributed by atoms with Crippen molar-refractivity contribution in [2.75, 3.05) is 20.8 Å². The summed E-state index contributed by atoms with van der Waals surface area (Å²) in [5, 5.41) is 5.34. The molecular weight excluding hydrogens is 326 g/mol. The minimum absolute atomic E-state index is 0.0442. The van der Waals surface area contributed by atoms with Gasteiger partial charge < -0.3 is 20.1 Å². The number of hydrogen-bond acceptors (Lipinski definition) is 5. The van der Waals surface area contributed by atoms with Crippen molar-refractivity contribution in [1.29, 1.82) is 0 Å². The van der Waals surface area contributed by atoms with Gasteiger partial charge in [0.25, 0.3) is 5.91 Å². The summed E-state index contributed by atoms with van der Waals surface area (Å²) in [6, 6.07) is 4.89. The van der Waals surface area contributed by atoms with Crippen LogP contribution in [-0.4, -0.2) is 49.0 Å². The summed E-state index contributed by atoms with van der Waals surface area (Å²) in [6.07, 6.45) is 0.0442. The highest BCUT2D eigenvalue weighted by atomic mass is 16.5. The highest BCUT2D eigenvalue weighted by molar-refractivity contribution is 6.06. The molecule has 25 heavy (non-hydrogen) atoms. The van der Waals surface area contributed by atoms with Crippen molar-refractivity contribution < 1.29 is 23.9 Å². The molecule has 0 spiro atoms. The number of benzene rings is 1. The molecule has 8 heteroatoms. The van der Waals surface area contributed by atoms with Crippen molar-refractivity contribution >= 4 is 17.8 Å². The maximum Gasteiger partial charge on any atom is 0.325 e. The average Bonchev–Trinajstić information content (AvgIpc) is 2.78. The predicted molar refractivity (Wildman–Crippen MR) is 90.3 cm³/mol. The number of carbonyl (C=O) groups excluding carboxylic acids is 3. The average molecular weight is 349 g/mol. The van der Waals surface area contributed by atoms with Gasteiger partial charge in [-0.25, -0.2) is 4.79 Å². The third kappa shape index (κ3) is 4.20. The first-order valence-corrected chi connectivity index (χ1v) is 7.90. The molecule has 1 fully saturated rings. The first kappa shape index (κ1) is 18.6. The monoisotopic (exact) mass is 349 g/mol. The van der Waals surface area contributed by atoms with Gasteiger partial charge >= 0.3 is 6.03 Å². The van der Waals surface area contributed by atoms with Gasteiger partial charge in [-0.3, -0.25) is 14.5 Å². The molecule has 8 nitrogen and oxygen atoms in total. The minimum atomic E-state index is -0.923. The summed E-state index contributed by atoms with van der Waals surface area (Å²) < 4.78 is 10.4. The standard InChI is InChI=1S/C17H23N3O5/c1-17(2)15(22)20(16(23)19-17)8-7-14(21)18-10-11-5-6-12(24-3)13(9-11)25-4/h5-6,9H,7-8,10H2,1-4H3,(H,18,21)(H,19,23). The van der Waals surface area contributed by atoms with E-state index in [1.165, 1.54) is 0 Å². The van der Waals surface area contributed by atoms with Gasteiger partial charge in [-0.2, -0.15) is 0 Å². The molecule has 0 atom stereocenters. The molecule has 0 unspecified atom stereocenters. The second-order valence-corrected chi connectivity index (χ2v) is 6.23. The molecule has 0 aliphatic carbocycles. The molecule has 1 aromatic carbocycles. The van der Waals surface area contributed by atoms with E-state index < -0.39 is 11.6 Å². The van der Waals surface area contributed by atoms with E-state index in [1.54, 1.807) is 40.2 Å². The van der Waals surface area contributed by atoms with Crippen LogP contribution in [0.1, 0.15) is 25.8 Å². The molecule has 0 bridgehead atoms. The van der Waals surface area contributed by atoms with Gasteiger partial charge in [-0.15, -0.1) is 0 Å². The van der Waals surface area contributed by atoms with E-state index in [0.29, 0.717) is 18.0 Å². The predicted octanol–water partition coefficient (Wildman–Crippen LogP) is 1.04. The zero-order chi connectivity index (χ0) is 18.6. The number of carbonyl (C=O) groups is 3. The largest absolute Gasteiger partial charge is 0.493 e. The highest BCUT2D eigenvalue weighted by Gasteiger charge is 2.43. The number of nitrogens with zero attached hydrogens (tertiary/aromatic N) is 1. The first-order chi connectivity index (χ1) is 11.8. The summed E-state index contributed by atoms with van der Waals surface area (Å²) in [4.78, 5) is 36.9. The van der Waals surface area contributed by atoms with Crippen LogP contribution >= 0.6 is 0 Å². The van der Waals surface area contributed by atoms with Crippen LogP contribution in [-0.2, 0) is 16.1 Å². The van der Waals surface area contributed by atoms with Gasteiger partial charge in [0.1, 0.15) is 5.54 Å². The van der Waals surface area contributed by atoms with Crippen LogP contribution < -0.4 is 20.1 Å². The minimum Gasteiger partial charge on any atom is -0.493 e. The summed E-state index contributed by atoms with van der Waals surface area (Å²) >= 11 is 0. The molecule has 0 saturated carbocycles. The van der Waals surface area contributed by atoms with Crippen LogP contribution in [0.25, 0.3) is 0 Å². The van der Waals surface area contributed by atoms with Crippen molar-refractivity contribution in [2.45, 2.75) is 32.4 Å². The highest BCUT2D eigenvalue weighted by Crippen LogP contribution is 2.27. The quantitative estimate of drug-likeness (QED) is 0.717. The van der Waals surface area contributed by atoms with Gasteiger partial charge in [0.05, 0.1) is 14.2 Å². The van der Waals surface area contributed by atoms with Crippen molar-refractivity contribution in [3.05, 3.63) is 23.8 Å². The molecule has 2 rings (SSSR count). The molecule has 4 amide bonds. The second-order valence-electron chi connectivity index (χ2n) is 6.23. The lowest BCUT2D eigenvalue weighted by Gasteiger charge is -2.15. The van der Waals surface area contributed by atoms with Gasteiger partial charge in [0, 0.05) is 19.5 Å². The fraction of sp³-hybridized carbons (Fsp3) is 0.471. The summed E-state index contributed by atoms with van der Waals surface area (Å²) in [6.45, 7) is 3.62. The van der Waals surface area contributed by atoms with Crippen molar-refractivity contribution in [2.24, 2.45) is 0 Å². The number of amides is 4. The Labute approximate surface area is 146 Å². The molecule has 1 saturated heterocycles. The Morgan fingerprint density at radius 2 is 1.88 bits per heavy atom. The number of ether oxygens (including phenoxy) is 2. The van der Waals surface area contributed by atoms with Crippen molar-refractivity contribution in [3.63, 3.8) is 0 Å². The van der Waals surface area contributed by atoms with E-state index in [4.69, 9.17) is 9.47 Å². The SMILES string of the molecule is COc1ccc(CNC(=O)CCN2C(=O)NC(C)(C)C2=O)cc1OC. The zero-order valence-electron chi connectivity index (χ0n) is 14.8. The van der Waals surface area contributed by atoms with Crippen LogP contribution in [0.3, 0.4) is 0 Å². The summed E-state index contributed by atoms with van der Waals surface area (Å²) in [5.74, 6) is 0.611. The Morgan fingerprint density at radius 3 is 2.44 bits per heavy atom. The summed E-state index contributed by atoms with van der Waals surface area (Å²) in [5.41, 5.74) is -0.0742. The van der Waals surface area contributed by atoms with E-state index in [2.05, 4.69) is 10.6 Å². The van der Waals surface area contributed by atoms with Crippen molar-refractivity contribution in [1.82, 2.24) is 15.5 Å². The number of methoxy groups -OCH3 is 2. The van der Waals surface area contributed by atoms with Crippen LogP contribution in [0.2, 0.25) is 0 Å². The Morgan fingerprint density at radius 1 is 1.20 bits per heavy atom.